The van der Waals surface area contributed by atoms with Crippen molar-refractivity contribution in [3.63, 3.8) is 0 Å². The molecule has 6 nitrogen and oxygen atoms in total. The van der Waals surface area contributed by atoms with Crippen LogP contribution in [0.25, 0.3) is 11.1 Å². The number of piperidine rings is 1. The number of ether oxygens (including phenoxy) is 1. The average molecular weight is 526 g/mol. The van der Waals surface area contributed by atoms with Gasteiger partial charge in [-0.2, -0.15) is 0 Å². The molecule has 1 aromatic carbocycles. The normalized spacial score (nSPS) is 30.5. The Morgan fingerprint density at radius 1 is 1.22 bits per heavy atom. The fourth-order valence-corrected chi connectivity index (χ4v) is 7.85. The molecule has 4 heterocycles. The van der Waals surface area contributed by atoms with Crippen LogP contribution in [0, 0.1) is 18.8 Å². The number of morpholine rings is 1. The van der Waals surface area contributed by atoms with Gasteiger partial charge in [0.15, 0.2) is 0 Å². The summed E-state index contributed by atoms with van der Waals surface area (Å²) in [6.45, 7) is 10.6. The van der Waals surface area contributed by atoms with E-state index in [0.29, 0.717) is 11.6 Å². The van der Waals surface area contributed by atoms with Gasteiger partial charge in [0.05, 0.1) is 29.2 Å². The minimum atomic E-state index is -0.204. The lowest BCUT2D eigenvalue weighted by atomic mass is 9.90. The van der Waals surface area contributed by atoms with E-state index in [2.05, 4.69) is 45.1 Å². The third-order valence-corrected chi connectivity index (χ3v) is 9.82. The molecule has 4 unspecified atom stereocenters. The summed E-state index contributed by atoms with van der Waals surface area (Å²) >= 11 is 8.33. The molecule has 2 saturated heterocycles. The first-order valence-corrected chi connectivity index (χ1v) is 14.1. The Bertz CT molecular complexity index is 1240. The molecule has 2 amide bonds. The topological polar surface area (TPSA) is 71.5 Å². The second-order valence-electron chi connectivity index (χ2n) is 11.3. The summed E-state index contributed by atoms with van der Waals surface area (Å²) in [5.74, 6) is 0.0396. The molecule has 3 fully saturated rings. The summed E-state index contributed by atoms with van der Waals surface area (Å²) in [6.07, 6.45) is 3.47. The first-order chi connectivity index (χ1) is 17.1. The van der Waals surface area contributed by atoms with E-state index in [1.807, 2.05) is 12.3 Å². The number of fused-ring (bicyclic) bond motifs is 2. The van der Waals surface area contributed by atoms with E-state index in [1.54, 1.807) is 11.8 Å². The van der Waals surface area contributed by atoms with Crippen LogP contribution in [-0.4, -0.2) is 58.3 Å². The number of pyridine rings is 1. The summed E-state index contributed by atoms with van der Waals surface area (Å²) in [5, 5.41) is 4.31. The summed E-state index contributed by atoms with van der Waals surface area (Å²) < 4.78 is 6.40. The Labute approximate surface area is 221 Å². The van der Waals surface area contributed by atoms with E-state index in [-0.39, 0.29) is 46.5 Å². The number of nitrogens with one attached hydrogen (secondary N) is 1. The van der Waals surface area contributed by atoms with E-state index in [9.17, 15) is 9.59 Å². The smallest absolute Gasteiger partial charge is 0.233 e. The van der Waals surface area contributed by atoms with Gasteiger partial charge in [0, 0.05) is 53.3 Å². The van der Waals surface area contributed by atoms with Gasteiger partial charge < -0.3 is 10.1 Å². The average Bonchev–Trinajstić information content (AvgIpc) is 3.51. The highest BCUT2D eigenvalue weighted by molar-refractivity contribution is 8.00. The first-order valence-electron chi connectivity index (χ1n) is 12.8. The highest BCUT2D eigenvalue weighted by atomic mass is 35.5. The lowest BCUT2D eigenvalue weighted by Gasteiger charge is -2.37. The van der Waals surface area contributed by atoms with E-state index < -0.39 is 0 Å². The van der Waals surface area contributed by atoms with Crippen LogP contribution in [0.5, 0.6) is 0 Å². The zero-order valence-electron chi connectivity index (χ0n) is 21.1. The second-order valence-corrected chi connectivity index (χ2v) is 13.0. The molecule has 8 heteroatoms. The van der Waals surface area contributed by atoms with E-state index >= 15 is 0 Å². The third-order valence-electron chi connectivity index (χ3n) is 8.08. The van der Waals surface area contributed by atoms with E-state index in [0.717, 1.165) is 53.2 Å². The van der Waals surface area contributed by atoms with Gasteiger partial charge in [-0.15, -0.1) is 11.8 Å². The summed E-state index contributed by atoms with van der Waals surface area (Å²) in [4.78, 5) is 32.6. The zero-order chi connectivity index (χ0) is 25.4. The molecular weight excluding hydrogens is 494 g/mol. The Kier molecular flexibility index (Phi) is 5.99. The standard InChI is InChI=1S/C28H32ClN3O3S/c1-14-7-16(29)8-20(19(14)9-17-11-30-13-28(3,4)35-17)18-5-6-31-24-15(2)23(36-25(18)24)12-32-26(33)21-10-22(21)27(32)34/h5-8,15,17,21-23,30H,9-13H2,1-4H3/t15?,17-,21?,22?,23?/m0/s1. The van der Waals surface area contributed by atoms with Gasteiger partial charge >= 0.3 is 0 Å². The van der Waals surface area contributed by atoms with Gasteiger partial charge in [-0.1, -0.05) is 18.5 Å². The van der Waals surface area contributed by atoms with Crippen LogP contribution >= 0.6 is 23.4 Å². The third kappa shape index (κ3) is 4.18. The number of aromatic nitrogens is 1. The first kappa shape index (κ1) is 24.4. The van der Waals surface area contributed by atoms with Crippen molar-refractivity contribution in [2.75, 3.05) is 19.6 Å². The number of hydrogen-bond donors (Lipinski definition) is 1. The SMILES string of the molecule is Cc1cc(Cl)cc(-c2ccnc3c2SC(CN2C(=O)C4CC4C2=O)C3C)c1C[C@H]1CNCC(C)(C)O1. The van der Waals surface area contributed by atoms with Crippen LogP contribution in [-0.2, 0) is 20.7 Å². The molecule has 6 rings (SSSR count). The Hall–Kier alpha value is -1.93. The zero-order valence-corrected chi connectivity index (χ0v) is 22.7. The van der Waals surface area contributed by atoms with Crippen molar-refractivity contribution in [3.8, 4) is 11.1 Å². The predicted octanol–water partition coefficient (Wildman–Crippen LogP) is 4.60. The van der Waals surface area contributed by atoms with Gasteiger partial charge in [-0.3, -0.25) is 19.5 Å². The van der Waals surface area contributed by atoms with Crippen LogP contribution in [0.3, 0.4) is 0 Å². The van der Waals surface area contributed by atoms with Gasteiger partial charge in [-0.05, 0) is 67.6 Å². The van der Waals surface area contributed by atoms with Crippen molar-refractivity contribution in [2.24, 2.45) is 11.8 Å². The van der Waals surface area contributed by atoms with E-state index in [4.69, 9.17) is 21.3 Å². The highest BCUT2D eigenvalue weighted by Crippen LogP contribution is 2.52. The molecule has 36 heavy (non-hydrogen) atoms. The van der Waals surface area contributed by atoms with Crippen molar-refractivity contribution in [2.45, 2.75) is 68.3 Å². The number of carbonyl (C=O) groups excluding carboxylic acids is 2. The molecule has 2 aromatic rings. The predicted molar refractivity (Wildman–Crippen MR) is 141 cm³/mol. The van der Waals surface area contributed by atoms with Crippen LogP contribution in [0.4, 0.5) is 0 Å². The number of imide groups is 1. The number of likely N-dealkylation sites (tertiary alicyclic amines) is 1. The molecule has 0 bridgehead atoms. The molecule has 0 radical (unpaired) electrons. The molecule has 0 spiro atoms. The van der Waals surface area contributed by atoms with Gasteiger partial charge in [0.2, 0.25) is 11.8 Å². The fourth-order valence-electron chi connectivity index (χ4n) is 6.05. The molecule has 3 aliphatic heterocycles. The molecule has 1 saturated carbocycles. The summed E-state index contributed by atoms with van der Waals surface area (Å²) in [5.41, 5.74) is 5.44. The van der Waals surface area contributed by atoms with Crippen LogP contribution < -0.4 is 5.32 Å². The largest absolute Gasteiger partial charge is 0.369 e. The van der Waals surface area contributed by atoms with Crippen LogP contribution in [0.1, 0.15) is 49.9 Å². The summed E-state index contributed by atoms with van der Waals surface area (Å²) in [7, 11) is 0. The Morgan fingerprint density at radius 2 is 1.97 bits per heavy atom. The number of carbonyl (C=O) groups is 2. The van der Waals surface area contributed by atoms with Crippen molar-refractivity contribution < 1.29 is 14.3 Å². The molecule has 1 aromatic heterocycles. The second kappa shape index (κ2) is 8.83. The number of hydrogen-bond acceptors (Lipinski definition) is 6. The van der Waals surface area contributed by atoms with E-state index in [1.165, 1.54) is 10.5 Å². The Morgan fingerprint density at radius 3 is 2.69 bits per heavy atom. The molecule has 1 aliphatic carbocycles. The molecule has 190 valence electrons. The molecule has 5 atom stereocenters. The van der Waals surface area contributed by atoms with Crippen molar-refractivity contribution in [1.82, 2.24) is 15.2 Å². The summed E-state index contributed by atoms with van der Waals surface area (Å²) in [6, 6.07) is 6.15. The maximum absolute atomic E-state index is 12.6. The number of nitrogens with zero attached hydrogens (tertiary/aromatic N) is 2. The number of thioether (sulfide) groups is 1. The van der Waals surface area contributed by atoms with Gasteiger partial charge in [-0.25, -0.2) is 0 Å². The monoisotopic (exact) mass is 525 g/mol. The maximum atomic E-state index is 12.6. The Balaban J connectivity index is 1.32. The van der Waals surface area contributed by atoms with Crippen molar-refractivity contribution >= 4 is 35.2 Å². The van der Waals surface area contributed by atoms with Crippen LogP contribution in [0.15, 0.2) is 29.3 Å². The quantitative estimate of drug-likeness (QED) is 0.575. The number of rotatable bonds is 5. The number of amides is 2. The number of benzene rings is 1. The molecule has 1 N–H and O–H groups in total. The number of aryl methyl sites for hydroxylation is 1. The lowest BCUT2D eigenvalue weighted by Crippen LogP contribution is -2.51. The van der Waals surface area contributed by atoms with Crippen molar-refractivity contribution in [1.29, 1.82) is 0 Å². The fraction of sp³-hybridized carbons (Fsp3) is 0.536. The highest BCUT2D eigenvalue weighted by Gasteiger charge is 2.59. The van der Waals surface area contributed by atoms with Crippen LogP contribution in [0.2, 0.25) is 5.02 Å². The number of halogens is 1. The van der Waals surface area contributed by atoms with Gasteiger partial charge in [0.1, 0.15) is 0 Å². The minimum Gasteiger partial charge on any atom is -0.369 e. The van der Waals surface area contributed by atoms with Gasteiger partial charge in [0.25, 0.3) is 0 Å². The lowest BCUT2D eigenvalue weighted by molar-refractivity contribution is -0.141. The minimum absolute atomic E-state index is 0.0127. The molecule has 4 aliphatic rings. The molecular formula is C28H32ClN3O3S. The maximum Gasteiger partial charge on any atom is 0.233 e. The van der Waals surface area contributed by atoms with Crippen molar-refractivity contribution in [3.05, 3.63) is 46.2 Å².